The van der Waals surface area contributed by atoms with Crippen molar-refractivity contribution in [3.8, 4) is 11.4 Å². The molecule has 41 heavy (non-hydrogen) atoms. The minimum Gasteiger partial charge on any atom is -0.365 e. The minimum atomic E-state index is -3.52. The largest absolute Gasteiger partial charge is 0.365 e. The van der Waals surface area contributed by atoms with E-state index in [1.165, 1.54) is 24.8 Å². The van der Waals surface area contributed by atoms with Crippen LogP contribution >= 0.6 is 0 Å². The zero-order valence-electron chi connectivity index (χ0n) is 22.4. The SMILES string of the molecule is NC(=O)c1cnc(Nc2ccnc(-c3cnn(S(=O)(=O)C4CC4)c3)n2)cc1N(CCF)C1CCC(NCCF)CC1. The lowest BCUT2D eigenvalue weighted by atomic mass is 9.89. The maximum atomic E-state index is 13.7. The number of halogens is 2. The van der Waals surface area contributed by atoms with E-state index >= 15 is 0 Å². The van der Waals surface area contributed by atoms with Crippen LogP contribution in [0, 0.1) is 0 Å². The number of carbonyl (C=O) groups excluding carboxylic acids is 1. The summed E-state index contributed by atoms with van der Waals surface area (Å²) >= 11 is 0. The van der Waals surface area contributed by atoms with Crippen LogP contribution in [0.15, 0.2) is 36.9 Å². The van der Waals surface area contributed by atoms with Crippen molar-refractivity contribution >= 4 is 33.3 Å². The summed E-state index contributed by atoms with van der Waals surface area (Å²) in [6.07, 6.45) is 10.00. The van der Waals surface area contributed by atoms with E-state index in [2.05, 4.69) is 30.7 Å². The van der Waals surface area contributed by atoms with Crippen molar-refractivity contribution in [2.45, 2.75) is 55.9 Å². The normalized spacial score (nSPS) is 19.2. The Kier molecular flexibility index (Phi) is 8.73. The highest BCUT2D eigenvalue weighted by atomic mass is 32.2. The van der Waals surface area contributed by atoms with Gasteiger partial charge in [0.15, 0.2) is 5.82 Å². The maximum Gasteiger partial charge on any atom is 0.256 e. The molecule has 2 aliphatic rings. The van der Waals surface area contributed by atoms with Crippen LogP contribution in [0.5, 0.6) is 0 Å². The van der Waals surface area contributed by atoms with Crippen LogP contribution in [0.3, 0.4) is 0 Å². The summed E-state index contributed by atoms with van der Waals surface area (Å²) in [5.74, 6) is 0.306. The van der Waals surface area contributed by atoms with Crippen LogP contribution in [0.1, 0.15) is 48.9 Å². The Labute approximate surface area is 236 Å². The van der Waals surface area contributed by atoms with Gasteiger partial charge >= 0.3 is 0 Å². The maximum absolute atomic E-state index is 13.7. The number of rotatable bonds is 13. The summed E-state index contributed by atoms with van der Waals surface area (Å²) in [6.45, 7) is -0.672. The second-order valence-corrected chi connectivity index (χ2v) is 12.3. The van der Waals surface area contributed by atoms with Crippen molar-refractivity contribution in [3.63, 3.8) is 0 Å². The number of alkyl halides is 2. The molecule has 2 fully saturated rings. The Balaban J connectivity index is 1.37. The Hall–Kier alpha value is -3.72. The van der Waals surface area contributed by atoms with Crippen molar-refractivity contribution in [3.05, 3.63) is 42.5 Å². The summed E-state index contributed by atoms with van der Waals surface area (Å²) in [6, 6.07) is 3.43. The highest BCUT2D eigenvalue weighted by molar-refractivity contribution is 7.90. The average molecular weight is 590 g/mol. The van der Waals surface area contributed by atoms with Gasteiger partial charge in [0.1, 0.15) is 25.0 Å². The Morgan fingerprint density at radius 1 is 1.07 bits per heavy atom. The molecule has 3 heterocycles. The first-order valence-corrected chi connectivity index (χ1v) is 15.1. The first-order chi connectivity index (χ1) is 19.8. The van der Waals surface area contributed by atoms with E-state index in [9.17, 15) is 22.0 Å². The molecule has 2 aliphatic carbocycles. The lowest BCUT2D eigenvalue weighted by molar-refractivity contribution is 0.1000. The van der Waals surface area contributed by atoms with Crippen LogP contribution in [-0.4, -0.2) is 82.2 Å². The van der Waals surface area contributed by atoms with Gasteiger partial charge in [-0.3, -0.25) is 4.79 Å². The van der Waals surface area contributed by atoms with Crippen molar-refractivity contribution in [1.82, 2.24) is 29.5 Å². The van der Waals surface area contributed by atoms with Gasteiger partial charge in [-0.2, -0.15) is 9.19 Å². The van der Waals surface area contributed by atoms with Crippen LogP contribution < -0.4 is 21.3 Å². The second-order valence-electron chi connectivity index (χ2n) is 10.2. The first kappa shape index (κ1) is 28.8. The quantitative estimate of drug-likeness (QED) is 0.270. The summed E-state index contributed by atoms with van der Waals surface area (Å²) in [7, 11) is -3.52. The molecule has 4 N–H and O–H groups in total. The average Bonchev–Trinajstić information content (AvgIpc) is 3.72. The first-order valence-electron chi connectivity index (χ1n) is 13.6. The molecule has 2 saturated carbocycles. The van der Waals surface area contributed by atoms with E-state index in [1.807, 2.05) is 4.90 Å². The highest BCUT2D eigenvalue weighted by Gasteiger charge is 2.37. The van der Waals surface area contributed by atoms with Crippen LogP contribution in [0.2, 0.25) is 0 Å². The molecule has 15 heteroatoms. The number of amides is 1. The molecule has 0 spiro atoms. The fourth-order valence-electron chi connectivity index (χ4n) is 5.16. The van der Waals surface area contributed by atoms with E-state index in [1.54, 1.807) is 12.1 Å². The molecular formula is C26H33F2N9O3S. The van der Waals surface area contributed by atoms with E-state index in [0.717, 1.165) is 29.8 Å². The Bertz CT molecular complexity index is 1470. The zero-order chi connectivity index (χ0) is 29.0. The van der Waals surface area contributed by atoms with Gasteiger partial charge in [0, 0.05) is 43.6 Å². The molecule has 0 bridgehead atoms. The van der Waals surface area contributed by atoms with Gasteiger partial charge in [0.2, 0.25) is 0 Å². The number of primary amides is 1. The lowest BCUT2D eigenvalue weighted by Gasteiger charge is -2.39. The van der Waals surface area contributed by atoms with Crippen molar-refractivity contribution in [1.29, 1.82) is 0 Å². The summed E-state index contributed by atoms with van der Waals surface area (Å²) in [4.78, 5) is 27.2. The van der Waals surface area contributed by atoms with E-state index in [0.29, 0.717) is 42.3 Å². The third-order valence-corrected chi connectivity index (χ3v) is 9.42. The van der Waals surface area contributed by atoms with Crippen molar-refractivity contribution < 1.29 is 22.0 Å². The van der Waals surface area contributed by atoms with Gasteiger partial charge in [0.05, 0.1) is 34.5 Å². The fraction of sp³-hybridized carbons (Fsp3) is 0.500. The monoisotopic (exact) mass is 589 g/mol. The van der Waals surface area contributed by atoms with Gasteiger partial charge in [-0.15, -0.1) is 0 Å². The number of nitrogens with two attached hydrogens (primary N) is 1. The van der Waals surface area contributed by atoms with Gasteiger partial charge in [-0.25, -0.2) is 32.2 Å². The molecule has 220 valence electrons. The summed E-state index contributed by atoms with van der Waals surface area (Å²) in [5.41, 5.74) is 6.73. The smallest absolute Gasteiger partial charge is 0.256 e. The molecule has 12 nitrogen and oxygen atoms in total. The van der Waals surface area contributed by atoms with E-state index in [4.69, 9.17) is 5.73 Å². The minimum absolute atomic E-state index is 0.0309. The van der Waals surface area contributed by atoms with Gasteiger partial charge < -0.3 is 21.3 Å². The molecule has 3 aromatic heterocycles. The zero-order valence-corrected chi connectivity index (χ0v) is 23.2. The number of aromatic nitrogens is 5. The number of hydrogen-bond donors (Lipinski definition) is 3. The fourth-order valence-corrected chi connectivity index (χ4v) is 6.63. The molecule has 0 aliphatic heterocycles. The van der Waals surface area contributed by atoms with E-state index in [-0.39, 0.29) is 30.0 Å². The standard InChI is InChI=1S/C26H33F2N9O3S/c27-8-11-30-18-1-3-19(4-2-18)36(12-9-28)22-13-24(32-15-21(22)25(29)38)34-23-7-10-31-26(35-23)17-14-33-37(16-17)41(39,40)20-5-6-20/h7,10,13-16,18-20,30H,1-6,8-9,11-12H2,(H2,29,38)(H,31,32,34,35). The number of nitrogens with zero attached hydrogens (tertiary/aromatic N) is 6. The van der Waals surface area contributed by atoms with E-state index < -0.39 is 34.5 Å². The van der Waals surface area contributed by atoms with Gasteiger partial charge in [-0.05, 0) is 44.6 Å². The molecular weight excluding hydrogens is 556 g/mol. The Morgan fingerprint density at radius 3 is 2.54 bits per heavy atom. The summed E-state index contributed by atoms with van der Waals surface area (Å²) in [5, 5.41) is 9.87. The molecule has 0 unspecified atom stereocenters. The predicted octanol–water partition coefficient (Wildman–Crippen LogP) is 2.56. The highest BCUT2D eigenvalue weighted by Crippen LogP contribution is 2.32. The van der Waals surface area contributed by atoms with Crippen LogP contribution in [0.25, 0.3) is 11.4 Å². The van der Waals surface area contributed by atoms with Gasteiger partial charge in [-0.1, -0.05) is 0 Å². The number of anilines is 3. The number of carbonyl (C=O) groups is 1. The third kappa shape index (κ3) is 6.62. The molecule has 0 atom stereocenters. The molecule has 5 rings (SSSR count). The molecule has 0 aromatic carbocycles. The second kappa shape index (κ2) is 12.4. The van der Waals surface area contributed by atoms with Gasteiger partial charge in [0.25, 0.3) is 15.9 Å². The third-order valence-electron chi connectivity index (χ3n) is 7.38. The molecule has 0 radical (unpaired) electrons. The molecule has 1 amide bonds. The number of hydrogen-bond acceptors (Lipinski definition) is 10. The number of pyridine rings is 1. The topological polar surface area (TPSA) is 161 Å². The molecule has 0 saturated heterocycles. The summed E-state index contributed by atoms with van der Waals surface area (Å²) < 4.78 is 52.2. The Morgan fingerprint density at radius 2 is 1.85 bits per heavy atom. The molecule has 3 aromatic rings. The lowest BCUT2D eigenvalue weighted by Crippen LogP contribution is -2.44. The van der Waals surface area contributed by atoms with Crippen LogP contribution in [-0.2, 0) is 10.0 Å². The number of nitrogens with one attached hydrogen (secondary N) is 2. The van der Waals surface area contributed by atoms with Crippen molar-refractivity contribution in [2.75, 3.05) is 36.7 Å². The predicted molar refractivity (Wildman–Crippen MR) is 150 cm³/mol. The van der Waals surface area contributed by atoms with Crippen LogP contribution in [0.4, 0.5) is 26.1 Å². The van der Waals surface area contributed by atoms with Crippen molar-refractivity contribution in [2.24, 2.45) is 5.73 Å².